The van der Waals surface area contributed by atoms with Crippen LogP contribution in [-0.4, -0.2) is 43.5 Å². The van der Waals surface area contributed by atoms with Gasteiger partial charge in [-0.3, -0.25) is 4.79 Å². The third-order valence-corrected chi connectivity index (χ3v) is 2.68. The second-order valence-corrected chi connectivity index (χ2v) is 4.35. The Morgan fingerprint density at radius 3 is 2.90 bits per heavy atom. The summed E-state index contributed by atoms with van der Waals surface area (Å²) < 4.78 is 10.6. The van der Waals surface area contributed by atoms with Crippen LogP contribution in [0.15, 0.2) is 24.3 Å². The van der Waals surface area contributed by atoms with Crippen molar-refractivity contribution in [2.24, 2.45) is 0 Å². The molecule has 6 heteroatoms. The number of rotatable bonds is 9. The normalized spacial score (nSPS) is 11.5. The van der Waals surface area contributed by atoms with E-state index >= 15 is 0 Å². The number of nitrogens with zero attached hydrogens (tertiary/aromatic N) is 1. The number of benzene rings is 1. The Labute approximate surface area is 124 Å². The molecule has 0 bridgehead atoms. The molecule has 2 N–H and O–H groups in total. The molecule has 114 valence electrons. The topological polar surface area (TPSA) is 91.6 Å². The zero-order valence-electron chi connectivity index (χ0n) is 12.0. The monoisotopic (exact) mass is 292 g/mol. The van der Waals surface area contributed by atoms with E-state index in [-0.39, 0.29) is 12.5 Å². The van der Waals surface area contributed by atoms with Gasteiger partial charge in [0.05, 0.1) is 18.8 Å². The van der Waals surface area contributed by atoms with Crippen molar-refractivity contribution in [2.75, 3.05) is 26.4 Å². The smallest absolute Gasteiger partial charge is 0.260 e. The summed E-state index contributed by atoms with van der Waals surface area (Å²) >= 11 is 0. The zero-order valence-corrected chi connectivity index (χ0v) is 12.0. The van der Waals surface area contributed by atoms with E-state index in [1.54, 1.807) is 31.2 Å². The summed E-state index contributed by atoms with van der Waals surface area (Å²) in [5.74, 6) is 0.152. The first-order valence-corrected chi connectivity index (χ1v) is 6.81. The van der Waals surface area contributed by atoms with Gasteiger partial charge in [0.1, 0.15) is 11.8 Å². The number of amides is 1. The number of nitrogens with one attached hydrogen (secondary N) is 1. The van der Waals surface area contributed by atoms with Crippen LogP contribution >= 0.6 is 0 Å². The van der Waals surface area contributed by atoms with Crippen LogP contribution in [0.1, 0.15) is 18.9 Å². The minimum Gasteiger partial charge on any atom is -0.480 e. The molecule has 0 aliphatic rings. The van der Waals surface area contributed by atoms with E-state index in [0.29, 0.717) is 37.5 Å². The molecular formula is C15H20N2O4. The van der Waals surface area contributed by atoms with Crippen LogP contribution in [-0.2, 0) is 9.53 Å². The van der Waals surface area contributed by atoms with Crippen LogP contribution in [0.2, 0.25) is 0 Å². The van der Waals surface area contributed by atoms with E-state index in [4.69, 9.17) is 19.8 Å². The standard InChI is InChI=1S/C15H20N2O4/c1-12(15(19)17-7-4-9-20-10-8-18)21-14-6-3-2-5-13(14)11-16/h2-3,5-6,12,18H,4,7-10H2,1H3,(H,17,19). The van der Waals surface area contributed by atoms with E-state index in [9.17, 15) is 4.79 Å². The molecule has 0 fully saturated rings. The van der Waals surface area contributed by atoms with Gasteiger partial charge >= 0.3 is 0 Å². The van der Waals surface area contributed by atoms with Crippen LogP contribution in [0, 0.1) is 11.3 Å². The van der Waals surface area contributed by atoms with Crippen molar-refractivity contribution in [3.8, 4) is 11.8 Å². The second kappa shape index (κ2) is 9.75. The fourth-order valence-corrected chi connectivity index (χ4v) is 1.60. The first-order valence-electron chi connectivity index (χ1n) is 6.81. The molecule has 6 nitrogen and oxygen atoms in total. The maximum absolute atomic E-state index is 11.8. The lowest BCUT2D eigenvalue weighted by molar-refractivity contribution is -0.127. The molecule has 21 heavy (non-hydrogen) atoms. The van der Waals surface area contributed by atoms with Crippen molar-refractivity contribution in [2.45, 2.75) is 19.4 Å². The van der Waals surface area contributed by atoms with Crippen molar-refractivity contribution >= 4 is 5.91 Å². The number of hydrogen-bond acceptors (Lipinski definition) is 5. The van der Waals surface area contributed by atoms with E-state index in [0.717, 1.165) is 0 Å². The summed E-state index contributed by atoms with van der Waals surface area (Å²) in [5.41, 5.74) is 0.398. The largest absolute Gasteiger partial charge is 0.480 e. The Hall–Kier alpha value is -2.10. The number of nitriles is 1. The minimum absolute atomic E-state index is 0.00443. The molecule has 0 aromatic heterocycles. The molecular weight excluding hydrogens is 272 g/mol. The average molecular weight is 292 g/mol. The Morgan fingerprint density at radius 1 is 1.43 bits per heavy atom. The Kier molecular flexibility index (Phi) is 7.87. The highest BCUT2D eigenvalue weighted by Gasteiger charge is 2.15. The molecule has 1 unspecified atom stereocenters. The quantitative estimate of drug-likeness (QED) is 0.658. The molecule has 0 radical (unpaired) electrons. The highest BCUT2D eigenvalue weighted by atomic mass is 16.5. The van der Waals surface area contributed by atoms with Crippen molar-refractivity contribution < 1.29 is 19.4 Å². The van der Waals surface area contributed by atoms with Gasteiger partial charge in [-0.2, -0.15) is 5.26 Å². The molecule has 1 amide bonds. The molecule has 0 aliphatic heterocycles. The number of carbonyl (C=O) groups excluding carboxylic acids is 1. The Morgan fingerprint density at radius 2 is 2.19 bits per heavy atom. The first kappa shape index (κ1) is 17.0. The second-order valence-electron chi connectivity index (χ2n) is 4.35. The molecule has 0 aliphatic carbocycles. The maximum atomic E-state index is 11.8. The average Bonchev–Trinajstić information content (AvgIpc) is 2.51. The molecule has 1 aromatic rings. The summed E-state index contributed by atoms with van der Waals surface area (Å²) in [7, 11) is 0. The number of aliphatic hydroxyl groups excluding tert-OH is 1. The predicted molar refractivity (Wildman–Crippen MR) is 76.8 cm³/mol. The first-order chi connectivity index (χ1) is 10.2. The number of ether oxygens (including phenoxy) is 2. The minimum atomic E-state index is -0.683. The molecule has 1 atom stereocenters. The van der Waals surface area contributed by atoms with Crippen LogP contribution in [0.4, 0.5) is 0 Å². The van der Waals surface area contributed by atoms with Gasteiger partial charge in [-0.15, -0.1) is 0 Å². The summed E-state index contributed by atoms with van der Waals surface area (Å²) in [5, 5.41) is 20.2. The van der Waals surface area contributed by atoms with Crippen LogP contribution in [0.25, 0.3) is 0 Å². The zero-order chi connectivity index (χ0) is 15.5. The van der Waals surface area contributed by atoms with E-state index in [1.807, 2.05) is 6.07 Å². The van der Waals surface area contributed by atoms with Crippen LogP contribution < -0.4 is 10.1 Å². The maximum Gasteiger partial charge on any atom is 0.260 e. The lowest BCUT2D eigenvalue weighted by Gasteiger charge is -2.15. The summed E-state index contributed by atoms with van der Waals surface area (Å²) in [6.45, 7) is 2.88. The molecule has 1 rings (SSSR count). The van der Waals surface area contributed by atoms with Gasteiger partial charge in [0, 0.05) is 13.2 Å². The fraction of sp³-hybridized carbons (Fsp3) is 0.467. The highest BCUT2D eigenvalue weighted by molar-refractivity contribution is 5.80. The number of hydrogen-bond donors (Lipinski definition) is 2. The van der Waals surface area contributed by atoms with Gasteiger partial charge in [0.2, 0.25) is 0 Å². The number of para-hydroxylation sites is 1. The highest BCUT2D eigenvalue weighted by Crippen LogP contribution is 2.17. The molecule has 0 saturated carbocycles. The van der Waals surface area contributed by atoms with Crippen molar-refractivity contribution in [1.29, 1.82) is 5.26 Å². The third-order valence-electron chi connectivity index (χ3n) is 2.68. The summed E-state index contributed by atoms with van der Waals surface area (Å²) in [6, 6.07) is 8.80. The van der Waals surface area contributed by atoms with Crippen molar-refractivity contribution in [1.82, 2.24) is 5.32 Å². The van der Waals surface area contributed by atoms with Crippen LogP contribution in [0.3, 0.4) is 0 Å². The van der Waals surface area contributed by atoms with E-state index in [1.165, 1.54) is 0 Å². The van der Waals surface area contributed by atoms with Gasteiger partial charge in [0.25, 0.3) is 5.91 Å². The summed E-state index contributed by atoms with van der Waals surface area (Å²) in [4.78, 5) is 11.8. The van der Waals surface area contributed by atoms with Gasteiger partial charge < -0.3 is 19.9 Å². The molecule has 0 saturated heterocycles. The van der Waals surface area contributed by atoms with Crippen molar-refractivity contribution in [3.05, 3.63) is 29.8 Å². The van der Waals surface area contributed by atoms with E-state index in [2.05, 4.69) is 5.32 Å². The van der Waals surface area contributed by atoms with Gasteiger partial charge in [-0.05, 0) is 25.5 Å². The van der Waals surface area contributed by atoms with Gasteiger partial charge in [0.15, 0.2) is 6.10 Å². The lowest BCUT2D eigenvalue weighted by Crippen LogP contribution is -2.37. The molecule has 0 spiro atoms. The predicted octanol–water partition coefficient (Wildman–Crippen LogP) is 0.841. The SMILES string of the molecule is CC(Oc1ccccc1C#N)C(=O)NCCCOCCO. The summed E-state index contributed by atoms with van der Waals surface area (Å²) in [6.07, 6.45) is -0.0226. The fourth-order valence-electron chi connectivity index (χ4n) is 1.60. The van der Waals surface area contributed by atoms with Crippen molar-refractivity contribution in [3.63, 3.8) is 0 Å². The molecule has 0 heterocycles. The Bertz CT molecular complexity index is 485. The van der Waals surface area contributed by atoms with Gasteiger partial charge in [-0.1, -0.05) is 12.1 Å². The number of carbonyl (C=O) groups is 1. The van der Waals surface area contributed by atoms with Crippen LogP contribution in [0.5, 0.6) is 5.75 Å². The Balaban J connectivity index is 2.33. The van der Waals surface area contributed by atoms with Gasteiger partial charge in [-0.25, -0.2) is 0 Å². The molecule has 1 aromatic carbocycles. The third kappa shape index (κ3) is 6.25. The van der Waals surface area contributed by atoms with E-state index < -0.39 is 6.10 Å². The number of aliphatic hydroxyl groups is 1. The lowest BCUT2D eigenvalue weighted by atomic mass is 10.2.